The van der Waals surface area contributed by atoms with Crippen LogP contribution < -0.4 is 5.32 Å². The van der Waals surface area contributed by atoms with Crippen molar-refractivity contribution in [3.05, 3.63) is 35.4 Å². The lowest BCUT2D eigenvalue weighted by atomic mass is 9.80. The third kappa shape index (κ3) is 3.76. The third-order valence-electron chi connectivity index (χ3n) is 3.79. The van der Waals surface area contributed by atoms with Gasteiger partial charge in [-0.25, -0.2) is 4.39 Å². The third-order valence-corrected chi connectivity index (χ3v) is 3.79. The number of halogens is 4. The Bertz CT molecular complexity index is 507. The number of hydrogen-bond donors (Lipinski definition) is 1. The zero-order valence-corrected chi connectivity index (χ0v) is 11.9. The Morgan fingerprint density at radius 2 is 1.95 bits per heavy atom. The van der Waals surface area contributed by atoms with Gasteiger partial charge in [0.15, 0.2) is 0 Å². The highest BCUT2D eigenvalue weighted by Crippen LogP contribution is 2.34. The number of alkyl halides is 4. The van der Waals surface area contributed by atoms with E-state index in [-0.39, 0.29) is 25.5 Å². The van der Waals surface area contributed by atoms with Crippen molar-refractivity contribution < 1.29 is 27.1 Å². The number of carbonyl (C=O) groups is 1. The molecule has 2 rings (SSSR count). The molecule has 3 nitrogen and oxygen atoms in total. The summed E-state index contributed by atoms with van der Waals surface area (Å²) in [6.07, 6.45) is -3.65. The van der Waals surface area contributed by atoms with Crippen molar-refractivity contribution in [1.29, 1.82) is 0 Å². The number of rotatable bonds is 5. The van der Waals surface area contributed by atoms with E-state index < -0.39 is 23.8 Å². The molecule has 1 heterocycles. The molecule has 1 fully saturated rings. The average molecular weight is 319 g/mol. The van der Waals surface area contributed by atoms with Gasteiger partial charge in [-0.15, -0.1) is 0 Å². The van der Waals surface area contributed by atoms with E-state index in [0.717, 1.165) is 12.1 Å². The second-order valence-corrected chi connectivity index (χ2v) is 5.40. The highest BCUT2D eigenvalue weighted by atomic mass is 19.4. The molecule has 1 unspecified atom stereocenters. The summed E-state index contributed by atoms with van der Waals surface area (Å²) in [5.41, 5.74) is -0.946. The van der Waals surface area contributed by atoms with E-state index in [9.17, 15) is 22.4 Å². The second kappa shape index (κ2) is 6.64. The van der Waals surface area contributed by atoms with Gasteiger partial charge in [-0.2, -0.15) is 13.2 Å². The molecule has 122 valence electrons. The van der Waals surface area contributed by atoms with Crippen molar-refractivity contribution in [3.63, 3.8) is 0 Å². The molecule has 0 bridgehead atoms. The van der Waals surface area contributed by atoms with E-state index >= 15 is 0 Å². The Hall–Kier alpha value is -1.63. The minimum absolute atomic E-state index is 0.0758. The summed E-state index contributed by atoms with van der Waals surface area (Å²) in [5, 5.41) is 2.50. The van der Waals surface area contributed by atoms with E-state index in [1.54, 1.807) is 0 Å². The fourth-order valence-corrected chi connectivity index (χ4v) is 2.56. The predicted molar refractivity (Wildman–Crippen MR) is 72.0 cm³/mol. The van der Waals surface area contributed by atoms with Crippen molar-refractivity contribution in [2.24, 2.45) is 5.41 Å². The van der Waals surface area contributed by atoms with Crippen LogP contribution in [0.25, 0.3) is 0 Å². The molecule has 1 atom stereocenters. The first-order chi connectivity index (χ1) is 10.4. The van der Waals surface area contributed by atoms with Gasteiger partial charge in [-0.3, -0.25) is 4.79 Å². The van der Waals surface area contributed by atoms with E-state index in [4.69, 9.17) is 4.74 Å². The topological polar surface area (TPSA) is 38.3 Å². The standard InChI is InChI=1S/C15H17F4NO2/c16-6-7-20-13(21)14(5-8-22-10-14)9-11-1-3-12(4-2-11)15(17,18)19/h1-4H,5-10H2,(H,20,21). The molecule has 1 amide bonds. The van der Waals surface area contributed by atoms with Crippen molar-refractivity contribution in [3.8, 4) is 0 Å². The molecule has 7 heteroatoms. The van der Waals surface area contributed by atoms with Crippen molar-refractivity contribution in [2.75, 3.05) is 26.4 Å². The van der Waals surface area contributed by atoms with Crippen LogP contribution in [0, 0.1) is 5.41 Å². The minimum atomic E-state index is -4.38. The molecule has 1 aromatic rings. The Labute approximate surface area is 125 Å². The first-order valence-corrected chi connectivity index (χ1v) is 6.95. The smallest absolute Gasteiger partial charge is 0.380 e. The maximum Gasteiger partial charge on any atom is 0.416 e. The number of amides is 1. The first kappa shape index (κ1) is 16.7. The predicted octanol–water partition coefficient (Wildman–Crippen LogP) is 2.74. The normalized spacial score (nSPS) is 21.8. The van der Waals surface area contributed by atoms with Gasteiger partial charge in [0, 0.05) is 13.2 Å². The summed E-state index contributed by atoms with van der Waals surface area (Å²) in [5.74, 6) is -0.317. The maximum atomic E-state index is 12.5. The Balaban J connectivity index is 2.13. The number of benzene rings is 1. The van der Waals surface area contributed by atoms with Crippen LogP contribution in [0.15, 0.2) is 24.3 Å². The molecule has 1 aliphatic heterocycles. The van der Waals surface area contributed by atoms with Crippen molar-refractivity contribution >= 4 is 5.91 Å². The SMILES string of the molecule is O=C(NCCF)C1(Cc2ccc(C(F)(F)F)cc2)CCOC1. The van der Waals surface area contributed by atoms with Gasteiger partial charge < -0.3 is 10.1 Å². The highest BCUT2D eigenvalue weighted by molar-refractivity contribution is 5.83. The molecular weight excluding hydrogens is 302 g/mol. The van der Waals surface area contributed by atoms with E-state index in [0.29, 0.717) is 18.6 Å². The maximum absolute atomic E-state index is 12.5. The summed E-state index contributed by atoms with van der Waals surface area (Å²) in [4.78, 5) is 12.2. The van der Waals surface area contributed by atoms with Gasteiger partial charge in [0.05, 0.1) is 17.6 Å². The van der Waals surface area contributed by atoms with Gasteiger partial charge >= 0.3 is 6.18 Å². The second-order valence-electron chi connectivity index (χ2n) is 5.40. The van der Waals surface area contributed by atoms with Gasteiger partial charge in [-0.05, 0) is 30.5 Å². The summed E-state index contributed by atoms with van der Waals surface area (Å²) in [6, 6.07) is 4.73. The monoisotopic (exact) mass is 319 g/mol. The number of ether oxygens (including phenoxy) is 1. The van der Waals surface area contributed by atoms with Crippen LogP contribution in [0.4, 0.5) is 17.6 Å². The summed E-state index contributed by atoms with van der Waals surface area (Å²) < 4.78 is 55.1. The van der Waals surface area contributed by atoms with Crippen LogP contribution in [-0.2, 0) is 22.1 Å². The van der Waals surface area contributed by atoms with Crippen molar-refractivity contribution in [2.45, 2.75) is 19.0 Å². The largest absolute Gasteiger partial charge is 0.416 e. The van der Waals surface area contributed by atoms with Gasteiger partial charge in [0.1, 0.15) is 6.67 Å². The molecule has 1 N–H and O–H groups in total. The zero-order valence-electron chi connectivity index (χ0n) is 11.9. The van der Waals surface area contributed by atoms with E-state index in [2.05, 4.69) is 5.32 Å². The average Bonchev–Trinajstić information content (AvgIpc) is 2.94. The van der Waals surface area contributed by atoms with Gasteiger partial charge in [0.25, 0.3) is 0 Å². The fraction of sp³-hybridized carbons (Fsp3) is 0.533. The lowest BCUT2D eigenvalue weighted by Gasteiger charge is -2.26. The van der Waals surface area contributed by atoms with Crippen LogP contribution in [0.3, 0.4) is 0 Å². The molecule has 1 aromatic carbocycles. The molecular formula is C15H17F4NO2. The van der Waals surface area contributed by atoms with Crippen LogP contribution in [0.1, 0.15) is 17.5 Å². The first-order valence-electron chi connectivity index (χ1n) is 6.95. The van der Waals surface area contributed by atoms with Gasteiger partial charge in [-0.1, -0.05) is 12.1 Å². The number of carbonyl (C=O) groups excluding carboxylic acids is 1. The van der Waals surface area contributed by atoms with E-state index in [1.165, 1.54) is 12.1 Å². The fourth-order valence-electron chi connectivity index (χ4n) is 2.56. The molecule has 1 aliphatic rings. The molecule has 0 spiro atoms. The quantitative estimate of drug-likeness (QED) is 0.848. The summed E-state index contributed by atoms with van der Waals surface area (Å²) in [7, 11) is 0. The number of nitrogens with one attached hydrogen (secondary N) is 1. The van der Waals surface area contributed by atoms with Crippen LogP contribution >= 0.6 is 0 Å². The zero-order chi connectivity index (χ0) is 16.2. The van der Waals surface area contributed by atoms with Crippen molar-refractivity contribution in [1.82, 2.24) is 5.32 Å². The molecule has 0 saturated carbocycles. The lowest BCUT2D eigenvalue weighted by Crippen LogP contribution is -2.43. The summed E-state index contributed by atoms with van der Waals surface area (Å²) >= 11 is 0. The minimum Gasteiger partial charge on any atom is -0.380 e. The molecule has 22 heavy (non-hydrogen) atoms. The van der Waals surface area contributed by atoms with Gasteiger partial charge in [0.2, 0.25) is 5.91 Å². The number of hydrogen-bond acceptors (Lipinski definition) is 2. The molecule has 0 aliphatic carbocycles. The Morgan fingerprint density at radius 3 is 2.45 bits per heavy atom. The molecule has 0 aromatic heterocycles. The van der Waals surface area contributed by atoms with Crippen LogP contribution in [0.5, 0.6) is 0 Å². The molecule has 1 saturated heterocycles. The Kier molecular flexibility index (Phi) is 5.05. The summed E-state index contributed by atoms with van der Waals surface area (Å²) in [6.45, 7) is -0.146. The Morgan fingerprint density at radius 1 is 1.27 bits per heavy atom. The lowest BCUT2D eigenvalue weighted by molar-refractivity contribution is -0.137. The van der Waals surface area contributed by atoms with E-state index in [1.807, 2.05) is 0 Å². The van der Waals surface area contributed by atoms with Crippen LogP contribution in [0.2, 0.25) is 0 Å². The highest BCUT2D eigenvalue weighted by Gasteiger charge is 2.42. The molecule has 0 radical (unpaired) electrons. The van der Waals surface area contributed by atoms with Crippen LogP contribution in [-0.4, -0.2) is 32.3 Å².